The van der Waals surface area contributed by atoms with E-state index in [0.717, 1.165) is 25.1 Å². The molecule has 0 saturated carbocycles. The van der Waals surface area contributed by atoms with Crippen LogP contribution in [0.3, 0.4) is 0 Å². The molecule has 2 N–H and O–H groups in total. The van der Waals surface area contributed by atoms with Gasteiger partial charge in [0.25, 0.3) is 0 Å². The molecular weight excluding hydrogens is 314 g/mol. The minimum atomic E-state index is 0.235. The van der Waals surface area contributed by atoms with Crippen molar-refractivity contribution in [2.75, 3.05) is 6.54 Å². The van der Waals surface area contributed by atoms with Gasteiger partial charge in [0, 0.05) is 18.0 Å². The zero-order chi connectivity index (χ0) is 17.6. The third-order valence-corrected chi connectivity index (χ3v) is 4.00. The largest absolute Gasteiger partial charge is 0.508 e. The van der Waals surface area contributed by atoms with Crippen molar-refractivity contribution < 1.29 is 9.63 Å². The van der Waals surface area contributed by atoms with Crippen LogP contribution in [0.4, 0.5) is 0 Å². The maximum atomic E-state index is 9.28. The first-order valence-electron chi connectivity index (χ1n) is 8.53. The van der Waals surface area contributed by atoms with E-state index in [2.05, 4.69) is 27.6 Å². The molecule has 130 valence electrons. The van der Waals surface area contributed by atoms with Crippen molar-refractivity contribution in [1.82, 2.24) is 15.5 Å². The highest BCUT2D eigenvalue weighted by molar-refractivity contribution is 5.54. The first-order valence-corrected chi connectivity index (χ1v) is 8.53. The Bertz CT molecular complexity index is 793. The van der Waals surface area contributed by atoms with Crippen LogP contribution in [0.15, 0.2) is 53.1 Å². The van der Waals surface area contributed by atoms with E-state index in [1.54, 1.807) is 12.1 Å². The second kappa shape index (κ2) is 7.94. The summed E-state index contributed by atoms with van der Waals surface area (Å²) in [5.41, 5.74) is 3.38. The quantitative estimate of drug-likeness (QED) is 0.640. The van der Waals surface area contributed by atoms with E-state index in [1.807, 2.05) is 38.1 Å². The Morgan fingerprint density at radius 3 is 2.32 bits per heavy atom. The summed E-state index contributed by atoms with van der Waals surface area (Å²) in [4.78, 5) is 4.41. The fourth-order valence-corrected chi connectivity index (χ4v) is 2.49. The number of aromatic hydroxyl groups is 1. The highest BCUT2D eigenvalue weighted by Gasteiger charge is 2.11. The van der Waals surface area contributed by atoms with Gasteiger partial charge in [-0.3, -0.25) is 0 Å². The standard InChI is InChI=1S/C20H23N3O2/c1-14(2)20-22-19(23-25-20)17-7-3-16(4-8-17)13-21-12-11-15-5-9-18(24)10-6-15/h3-10,14,21,24H,11-13H2,1-2H3. The molecule has 0 aliphatic carbocycles. The van der Waals surface area contributed by atoms with Crippen LogP contribution in [-0.2, 0) is 13.0 Å². The van der Waals surface area contributed by atoms with Crippen molar-refractivity contribution in [3.63, 3.8) is 0 Å². The minimum Gasteiger partial charge on any atom is -0.508 e. The van der Waals surface area contributed by atoms with Gasteiger partial charge in [0.2, 0.25) is 11.7 Å². The molecule has 25 heavy (non-hydrogen) atoms. The predicted molar refractivity (Wildman–Crippen MR) is 97.3 cm³/mol. The average molecular weight is 337 g/mol. The maximum absolute atomic E-state index is 9.28. The molecule has 3 rings (SSSR count). The van der Waals surface area contributed by atoms with Crippen LogP contribution in [0.1, 0.15) is 36.8 Å². The molecule has 0 saturated heterocycles. The third-order valence-electron chi connectivity index (χ3n) is 4.00. The summed E-state index contributed by atoms with van der Waals surface area (Å²) in [6, 6.07) is 15.5. The number of nitrogens with one attached hydrogen (secondary N) is 1. The molecule has 0 radical (unpaired) electrons. The monoisotopic (exact) mass is 337 g/mol. The van der Waals surface area contributed by atoms with Crippen LogP contribution in [0.25, 0.3) is 11.4 Å². The summed E-state index contributed by atoms with van der Waals surface area (Å²) in [5.74, 6) is 1.84. The van der Waals surface area contributed by atoms with Crippen molar-refractivity contribution in [3.8, 4) is 17.1 Å². The molecule has 1 aromatic heterocycles. The Morgan fingerprint density at radius 1 is 1.00 bits per heavy atom. The zero-order valence-corrected chi connectivity index (χ0v) is 14.6. The number of phenols is 1. The van der Waals surface area contributed by atoms with Gasteiger partial charge in [0.15, 0.2) is 0 Å². The molecular formula is C20H23N3O2. The van der Waals surface area contributed by atoms with E-state index in [4.69, 9.17) is 4.52 Å². The summed E-state index contributed by atoms with van der Waals surface area (Å²) in [6.45, 7) is 5.76. The van der Waals surface area contributed by atoms with Gasteiger partial charge in [-0.05, 0) is 36.2 Å². The second-order valence-electron chi connectivity index (χ2n) is 6.40. The van der Waals surface area contributed by atoms with Crippen molar-refractivity contribution >= 4 is 0 Å². The van der Waals surface area contributed by atoms with Crippen LogP contribution >= 0.6 is 0 Å². The summed E-state index contributed by atoms with van der Waals surface area (Å²) < 4.78 is 5.25. The fourth-order valence-electron chi connectivity index (χ4n) is 2.49. The van der Waals surface area contributed by atoms with Gasteiger partial charge in [-0.2, -0.15) is 4.98 Å². The molecule has 5 nitrogen and oxygen atoms in total. The van der Waals surface area contributed by atoms with Gasteiger partial charge in [-0.25, -0.2) is 0 Å². The number of benzene rings is 2. The minimum absolute atomic E-state index is 0.235. The van der Waals surface area contributed by atoms with E-state index in [0.29, 0.717) is 17.5 Å². The van der Waals surface area contributed by atoms with Gasteiger partial charge in [-0.15, -0.1) is 0 Å². The molecule has 0 unspecified atom stereocenters. The smallest absolute Gasteiger partial charge is 0.229 e. The SMILES string of the molecule is CC(C)c1nc(-c2ccc(CNCCc3ccc(O)cc3)cc2)no1. The first kappa shape index (κ1) is 17.2. The predicted octanol–water partition coefficient (Wildman–Crippen LogP) is 3.90. The molecule has 1 heterocycles. The molecule has 0 spiro atoms. The lowest BCUT2D eigenvalue weighted by Crippen LogP contribution is -2.16. The first-order chi connectivity index (χ1) is 12.1. The number of aromatic nitrogens is 2. The van der Waals surface area contributed by atoms with Crippen LogP contribution in [-0.4, -0.2) is 21.8 Å². The number of phenolic OH excluding ortho intramolecular Hbond substituents is 1. The topological polar surface area (TPSA) is 71.2 Å². The van der Waals surface area contributed by atoms with Gasteiger partial charge >= 0.3 is 0 Å². The second-order valence-corrected chi connectivity index (χ2v) is 6.40. The Kier molecular flexibility index (Phi) is 5.46. The lowest BCUT2D eigenvalue weighted by Gasteiger charge is -2.06. The molecule has 0 amide bonds. The molecule has 0 aliphatic heterocycles. The van der Waals surface area contributed by atoms with Crippen LogP contribution in [0.2, 0.25) is 0 Å². The van der Waals surface area contributed by atoms with Crippen LogP contribution < -0.4 is 5.32 Å². The normalized spacial score (nSPS) is 11.2. The van der Waals surface area contributed by atoms with Crippen molar-refractivity contribution in [2.24, 2.45) is 0 Å². The van der Waals surface area contributed by atoms with E-state index < -0.39 is 0 Å². The number of hydrogen-bond acceptors (Lipinski definition) is 5. The zero-order valence-electron chi connectivity index (χ0n) is 14.6. The molecule has 0 atom stereocenters. The Hall–Kier alpha value is -2.66. The van der Waals surface area contributed by atoms with E-state index in [1.165, 1.54) is 11.1 Å². The van der Waals surface area contributed by atoms with Crippen molar-refractivity contribution in [3.05, 3.63) is 65.5 Å². The summed E-state index contributed by atoms with van der Waals surface area (Å²) in [7, 11) is 0. The number of nitrogens with zero attached hydrogens (tertiary/aromatic N) is 2. The van der Waals surface area contributed by atoms with E-state index in [9.17, 15) is 5.11 Å². The van der Waals surface area contributed by atoms with E-state index >= 15 is 0 Å². The van der Waals surface area contributed by atoms with Crippen molar-refractivity contribution in [1.29, 1.82) is 0 Å². The van der Waals surface area contributed by atoms with Crippen LogP contribution in [0, 0.1) is 0 Å². The third kappa shape index (κ3) is 4.67. The van der Waals surface area contributed by atoms with E-state index in [-0.39, 0.29) is 5.92 Å². The van der Waals surface area contributed by atoms with Crippen LogP contribution in [0.5, 0.6) is 5.75 Å². The molecule has 3 aromatic rings. The lowest BCUT2D eigenvalue weighted by atomic mass is 10.1. The van der Waals surface area contributed by atoms with Gasteiger partial charge in [-0.1, -0.05) is 55.4 Å². The van der Waals surface area contributed by atoms with Crippen molar-refractivity contribution in [2.45, 2.75) is 32.7 Å². The lowest BCUT2D eigenvalue weighted by molar-refractivity contribution is 0.365. The molecule has 0 fully saturated rings. The number of hydrogen-bond donors (Lipinski definition) is 2. The molecule has 0 bridgehead atoms. The Balaban J connectivity index is 1.49. The summed E-state index contributed by atoms with van der Waals surface area (Å²) in [5, 5.41) is 16.7. The molecule has 0 aliphatic rings. The van der Waals surface area contributed by atoms with Gasteiger partial charge in [0.05, 0.1) is 0 Å². The maximum Gasteiger partial charge on any atom is 0.229 e. The van der Waals surface area contributed by atoms with Gasteiger partial charge < -0.3 is 14.9 Å². The summed E-state index contributed by atoms with van der Waals surface area (Å²) in [6.07, 6.45) is 0.930. The molecule has 5 heteroatoms. The highest BCUT2D eigenvalue weighted by Crippen LogP contribution is 2.19. The Labute approximate surface area is 147 Å². The number of rotatable bonds is 7. The fraction of sp³-hybridized carbons (Fsp3) is 0.300. The Morgan fingerprint density at radius 2 is 1.68 bits per heavy atom. The highest BCUT2D eigenvalue weighted by atomic mass is 16.5. The summed E-state index contributed by atoms with van der Waals surface area (Å²) >= 11 is 0. The molecule has 2 aromatic carbocycles. The average Bonchev–Trinajstić information content (AvgIpc) is 3.11. The van der Waals surface area contributed by atoms with Gasteiger partial charge in [0.1, 0.15) is 5.75 Å².